The van der Waals surface area contributed by atoms with E-state index in [2.05, 4.69) is 36.4 Å². The van der Waals surface area contributed by atoms with Gasteiger partial charge in [-0.15, -0.1) is 0 Å². The first-order valence-electron chi connectivity index (χ1n) is 8.42. The summed E-state index contributed by atoms with van der Waals surface area (Å²) in [5, 5.41) is 7.81. The van der Waals surface area contributed by atoms with Crippen LogP contribution in [0, 0.1) is 5.41 Å². The Labute approximate surface area is 137 Å². The van der Waals surface area contributed by atoms with E-state index in [1.54, 1.807) is 0 Å². The number of carbonyl (C=O) groups excluding carboxylic acids is 1. The molecule has 1 N–H and O–H groups in total. The Morgan fingerprint density at radius 2 is 2.09 bits per heavy atom. The van der Waals surface area contributed by atoms with Crippen LogP contribution >= 0.6 is 0 Å². The fourth-order valence-corrected chi connectivity index (χ4v) is 3.46. The SMILES string of the molecule is CCCC(=O)N[C@@H]1CC(C)(C)Cc2c1cnn2-c1ccccc1. The zero-order valence-corrected chi connectivity index (χ0v) is 14.2. The Balaban J connectivity index is 1.96. The van der Waals surface area contributed by atoms with Crippen molar-refractivity contribution in [3.8, 4) is 5.69 Å². The summed E-state index contributed by atoms with van der Waals surface area (Å²) in [4.78, 5) is 12.1. The lowest BCUT2D eigenvalue weighted by atomic mass is 9.74. The molecule has 0 saturated carbocycles. The summed E-state index contributed by atoms with van der Waals surface area (Å²) in [6.45, 7) is 6.55. The monoisotopic (exact) mass is 311 g/mol. The minimum Gasteiger partial charge on any atom is -0.349 e. The van der Waals surface area contributed by atoms with Crippen molar-refractivity contribution in [2.75, 3.05) is 0 Å². The van der Waals surface area contributed by atoms with Crippen LogP contribution in [0.4, 0.5) is 0 Å². The maximum atomic E-state index is 12.1. The van der Waals surface area contributed by atoms with Gasteiger partial charge in [-0.1, -0.05) is 39.0 Å². The Hall–Kier alpha value is -2.10. The molecule has 4 heteroatoms. The van der Waals surface area contributed by atoms with Gasteiger partial charge in [0.25, 0.3) is 0 Å². The van der Waals surface area contributed by atoms with E-state index >= 15 is 0 Å². The average Bonchev–Trinajstić information content (AvgIpc) is 2.90. The predicted molar refractivity (Wildman–Crippen MR) is 91.5 cm³/mol. The van der Waals surface area contributed by atoms with Gasteiger partial charge in [0.2, 0.25) is 5.91 Å². The number of carbonyl (C=O) groups is 1. The van der Waals surface area contributed by atoms with Crippen LogP contribution in [0.3, 0.4) is 0 Å². The number of fused-ring (bicyclic) bond motifs is 1. The Kier molecular flexibility index (Phi) is 4.24. The molecule has 1 aliphatic carbocycles. The molecule has 0 saturated heterocycles. The average molecular weight is 311 g/mol. The van der Waals surface area contributed by atoms with E-state index in [0.29, 0.717) is 6.42 Å². The summed E-state index contributed by atoms with van der Waals surface area (Å²) in [6.07, 6.45) is 5.30. The highest BCUT2D eigenvalue weighted by molar-refractivity contribution is 5.76. The van der Waals surface area contributed by atoms with E-state index in [-0.39, 0.29) is 17.4 Å². The van der Waals surface area contributed by atoms with Crippen LogP contribution in [0.5, 0.6) is 0 Å². The molecule has 0 fully saturated rings. The van der Waals surface area contributed by atoms with Gasteiger partial charge in [0.15, 0.2) is 0 Å². The Morgan fingerprint density at radius 1 is 1.35 bits per heavy atom. The maximum absolute atomic E-state index is 12.1. The van der Waals surface area contributed by atoms with Crippen molar-refractivity contribution < 1.29 is 4.79 Å². The molecule has 0 aliphatic heterocycles. The fraction of sp³-hybridized carbons (Fsp3) is 0.474. The zero-order chi connectivity index (χ0) is 16.4. The summed E-state index contributed by atoms with van der Waals surface area (Å²) >= 11 is 0. The van der Waals surface area contributed by atoms with Crippen LogP contribution in [0.1, 0.15) is 57.3 Å². The molecular formula is C19H25N3O. The molecule has 0 radical (unpaired) electrons. The second-order valence-corrected chi connectivity index (χ2v) is 7.21. The highest BCUT2D eigenvalue weighted by atomic mass is 16.1. The quantitative estimate of drug-likeness (QED) is 0.933. The van der Waals surface area contributed by atoms with Crippen molar-refractivity contribution in [2.45, 2.75) is 52.5 Å². The molecule has 0 unspecified atom stereocenters. The lowest BCUT2D eigenvalue weighted by Gasteiger charge is -2.36. The molecule has 23 heavy (non-hydrogen) atoms. The molecular weight excluding hydrogens is 286 g/mol. The molecule has 1 aromatic heterocycles. The van der Waals surface area contributed by atoms with Crippen molar-refractivity contribution in [3.05, 3.63) is 47.8 Å². The van der Waals surface area contributed by atoms with Crippen molar-refractivity contribution in [2.24, 2.45) is 5.41 Å². The van der Waals surface area contributed by atoms with Gasteiger partial charge in [-0.2, -0.15) is 5.10 Å². The van der Waals surface area contributed by atoms with E-state index in [1.165, 1.54) is 5.69 Å². The molecule has 1 aliphatic rings. The van der Waals surface area contributed by atoms with Crippen LogP contribution in [0.25, 0.3) is 5.69 Å². The molecule has 2 aromatic rings. The number of aromatic nitrogens is 2. The number of rotatable bonds is 4. The second kappa shape index (κ2) is 6.19. The van der Waals surface area contributed by atoms with Crippen molar-refractivity contribution in [1.29, 1.82) is 0 Å². The van der Waals surface area contributed by atoms with E-state index in [1.807, 2.05) is 36.0 Å². The van der Waals surface area contributed by atoms with E-state index < -0.39 is 0 Å². The lowest BCUT2D eigenvalue weighted by molar-refractivity contribution is -0.122. The Morgan fingerprint density at radius 3 is 2.78 bits per heavy atom. The summed E-state index contributed by atoms with van der Waals surface area (Å²) in [7, 11) is 0. The van der Waals surface area contributed by atoms with Crippen molar-refractivity contribution >= 4 is 5.91 Å². The molecule has 1 amide bonds. The molecule has 1 aromatic carbocycles. The minimum absolute atomic E-state index is 0.0604. The largest absolute Gasteiger partial charge is 0.349 e. The van der Waals surface area contributed by atoms with Crippen molar-refractivity contribution in [1.82, 2.24) is 15.1 Å². The maximum Gasteiger partial charge on any atom is 0.220 e. The molecule has 122 valence electrons. The molecule has 4 nitrogen and oxygen atoms in total. The summed E-state index contributed by atoms with van der Waals surface area (Å²) in [5.41, 5.74) is 3.60. The third-order valence-corrected chi connectivity index (χ3v) is 4.49. The highest BCUT2D eigenvalue weighted by Crippen LogP contribution is 2.41. The predicted octanol–water partition coefficient (Wildman–Crippen LogP) is 3.80. The number of hydrogen-bond acceptors (Lipinski definition) is 2. The molecule has 0 spiro atoms. The Bertz CT molecular complexity index is 688. The zero-order valence-electron chi connectivity index (χ0n) is 14.2. The van der Waals surface area contributed by atoms with Gasteiger partial charge in [0, 0.05) is 12.0 Å². The van der Waals surface area contributed by atoms with Crippen LogP contribution in [0.2, 0.25) is 0 Å². The van der Waals surface area contributed by atoms with Crippen molar-refractivity contribution in [3.63, 3.8) is 0 Å². The van der Waals surface area contributed by atoms with Crippen LogP contribution < -0.4 is 5.32 Å². The fourth-order valence-electron chi connectivity index (χ4n) is 3.46. The summed E-state index contributed by atoms with van der Waals surface area (Å²) in [5.74, 6) is 0.133. The molecule has 3 rings (SSSR count). The van der Waals surface area contributed by atoms with E-state index in [0.717, 1.165) is 30.5 Å². The van der Waals surface area contributed by atoms with Gasteiger partial charge in [-0.3, -0.25) is 4.79 Å². The first-order valence-corrected chi connectivity index (χ1v) is 8.42. The number of para-hydroxylation sites is 1. The van der Waals surface area contributed by atoms with Gasteiger partial charge in [-0.25, -0.2) is 4.68 Å². The van der Waals surface area contributed by atoms with E-state index in [4.69, 9.17) is 0 Å². The number of amides is 1. The lowest BCUT2D eigenvalue weighted by Crippen LogP contribution is -2.36. The summed E-state index contributed by atoms with van der Waals surface area (Å²) in [6, 6.07) is 10.3. The topological polar surface area (TPSA) is 46.9 Å². The first-order chi connectivity index (χ1) is 11.0. The van der Waals surface area contributed by atoms with E-state index in [9.17, 15) is 4.79 Å². The smallest absolute Gasteiger partial charge is 0.220 e. The highest BCUT2D eigenvalue weighted by Gasteiger charge is 2.35. The van der Waals surface area contributed by atoms with Gasteiger partial charge in [0.1, 0.15) is 0 Å². The molecule has 0 bridgehead atoms. The number of benzene rings is 1. The second-order valence-electron chi connectivity index (χ2n) is 7.21. The van der Waals surface area contributed by atoms with Gasteiger partial charge < -0.3 is 5.32 Å². The third kappa shape index (κ3) is 3.31. The minimum atomic E-state index is 0.0604. The van der Waals surface area contributed by atoms with Gasteiger partial charge in [0.05, 0.1) is 23.6 Å². The van der Waals surface area contributed by atoms with Crippen LogP contribution in [-0.2, 0) is 11.2 Å². The number of hydrogen-bond donors (Lipinski definition) is 1. The molecule has 1 atom stereocenters. The third-order valence-electron chi connectivity index (χ3n) is 4.49. The number of nitrogens with zero attached hydrogens (tertiary/aromatic N) is 2. The van der Waals surface area contributed by atoms with Gasteiger partial charge >= 0.3 is 0 Å². The normalized spacial score (nSPS) is 19.2. The van der Waals surface area contributed by atoms with Gasteiger partial charge in [-0.05, 0) is 36.8 Å². The van der Waals surface area contributed by atoms with Crippen LogP contribution in [0.15, 0.2) is 36.5 Å². The summed E-state index contributed by atoms with van der Waals surface area (Å²) < 4.78 is 2.02. The van der Waals surface area contributed by atoms with Crippen LogP contribution in [-0.4, -0.2) is 15.7 Å². The standard InChI is InChI=1S/C19H25N3O/c1-4-8-18(23)21-16-11-19(2,3)12-17-15(16)13-20-22(17)14-9-6-5-7-10-14/h5-7,9-10,13,16H,4,8,11-12H2,1-3H3,(H,21,23)/t16-/m1/s1. The molecule has 1 heterocycles. The number of nitrogens with one attached hydrogen (secondary N) is 1. The first kappa shape index (κ1) is 15.8.